The molecule has 1 fully saturated rings. The van der Waals surface area contributed by atoms with E-state index in [1.54, 1.807) is 0 Å². The van der Waals surface area contributed by atoms with Crippen LogP contribution in [0.4, 0.5) is 0 Å². The SMILES string of the molecule is B=C(CC)CC1CCCCCCC1. The summed E-state index contributed by atoms with van der Waals surface area (Å²) >= 11 is 0. The van der Waals surface area contributed by atoms with Crippen LogP contribution in [0, 0.1) is 5.92 Å². The molecule has 0 N–H and O–H groups in total. The molecular weight excluding hydrogens is 155 g/mol. The van der Waals surface area contributed by atoms with Gasteiger partial charge >= 0.3 is 83.6 Å². The summed E-state index contributed by atoms with van der Waals surface area (Å²) in [5, 5.41) is 0. The Kier molecular flexibility index (Phi) is 5.42. The van der Waals surface area contributed by atoms with Gasteiger partial charge in [-0.1, -0.05) is 0 Å². The van der Waals surface area contributed by atoms with Gasteiger partial charge in [-0.05, 0) is 0 Å². The van der Waals surface area contributed by atoms with Crippen LogP contribution in [0.5, 0.6) is 0 Å². The molecule has 1 aliphatic carbocycles. The van der Waals surface area contributed by atoms with Crippen molar-refractivity contribution < 1.29 is 0 Å². The third-order valence-corrected chi connectivity index (χ3v) is 3.30. The molecule has 1 heteroatoms. The number of hydrogen-bond acceptors (Lipinski definition) is 0. The fourth-order valence-corrected chi connectivity index (χ4v) is 2.30. The molecule has 0 aromatic rings. The standard InChI is InChI=1S/C12H23B/c1-2-12(13)10-11-8-6-4-3-5-7-9-11/h11,13H,2-10H2,1H3. The van der Waals surface area contributed by atoms with Crippen molar-refractivity contribution in [1.29, 1.82) is 0 Å². The van der Waals surface area contributed by atoms with E-state index in [-0.39, 0.29) is 0 Å². The molecule has 0 heterocycles. The molecule has 74 valence electrons. The molecule has 0 radical (unpaired) electrons. The van der Waals surface area contributed by atoms with Gasteiger partial charge in [0.15, 0.2) is 0 Å². The first-order chi connectivity index (χ1) is 6.33. The van der Waals surface area contributed by atoms with E-state index in [1.807, 2.05) is 0 Å². The molecule has 1 rings (SSSR count). The van der Waals surface area contributed by atoms with Crippen LogP contribution in [-0.4, -0.2) is 13.0 Å². The molecule has 0 aromatic heterocycles. The molecule has 0 saturated heterocycles. The first-order valence-corrected chi connectivity index (χ1v) is 5.99. The molecule has 0 aliphatic heterocycles. The molecular formula is C12H23B. The fourth-order valence-electron chi connectivity index (χ4n) is 2.30. The zero-order chi connectivity index (χ0) is 9.52. The molecule has 0 amide bonds. The number of hydrogen-bond donors (Lipinski definition) is 0. The summed E-state index contributed by atoms with van der Waals surface area (Å²) in [6, 6.07) is 0. The van der Waals surface area contributed by atoms with Crippen LogP contribution < -0.4 is 0 Å². The van der Waals surface area contributed by atoms with E-state index < -0.39 is 0 Å². The van der Waals surface area contributed by atoms with Gasteiger partial charge in [0.25, 0.3) is 0 Å². The van der Waals surface area contributed by atoms with Crippen LogP contribution in [0.3, 0.4) is 0 Å². The van der Waals surface area contributed by atoms with E-state index in [0.717, 1.165) is 5.92 Å². The molecule has 1 aliphatic rings. The van der Waals surface area contributed by atoms with Crippen molar-refractivity contribution in [3.63, 3.8) is 0 Å². The van der Waals surface area contributed by atoms with Gasteiger partial charge in [-0.15, -0.1) is 0 Å². The fraction of sp³-hybridized carbons (Fsp3) is 0.917. The summed E-state index contributed by atoms with van der Waals surface area (Å²) in [4.78, 5) is 0. The van der Waals surface area contributed by atoms with Crippen LogP contribution in [0.2, 0.25) is 0 Å². The third kappa shape index (κ3) is 4.64. The van der Waals surface area contributed by atoms with Gasteiger partial charge in [0.05, 0.1) is 0 Å². The van der Waals surface area contributed by atoms with Gasteiger partial charge in [0.2, 0.25) is 0 Å². The normalized spacial score (nSPS) is 20.6. The maximum atomic E-state index is 4.12. The zero-order valence-electron chi connectivity index (χ0n) is 9.15. The second-order valence-electron chi connectivity index (χ2n) is 4.52. The van der Waals surface area contributed by atoms with Gasteiger partial charge in [-0.2, -0.15) is 0 Å². The molecule has 0 spiro atoms. The van der Waals surface area contributed by atoms with E-state index in [9.17, 15) is 0 Å². The quantitative estimate of drug-likeness (QED) is 0.582. The van der Waals surface area contributed by atoms with E-state index in [2.05, 4.69) is 14.4 Å². The van der Waals surface area contributed by atoms with E-state index >= 15 is 0 Å². The summed E-state index contributed by atoms with van der Waals surface area (Å²) in [5.41, 5.74) is 1.46. The molecule has 0 bridgehead atoms. The number of rotatable bonds is 3. The van der Waals surface area contributed by atoms with Crippen LogP contribution >= 0.6 is 0 Å². The Bertz CT molecular complexity index is 143. The average molecular weight is 178 g/mol. The van der Waals surface area contributed by atoms with Gasteiger partial charge in [0.1, 0.15) is 0 Å². The summed E-state index contributed by atoms with van der Waals surface area (Å²) < 4.78 is 0. The summed E-state index contributed by atoms with van der Waals surface area (Å²) in [7, 11) is 4.12. The minimum atomic E-state index is 0.966. The van der Waals surface area contributed by atoms with Crippen LogP contribution in [0.15, 0.2) is 0 Å². The molecule has 13 heavy (non-hydrogen) atoms. The van der Waals surface area contributed by atoms with Crippen molar-refractivity contribution in [3.05, 3.63) is 0 Å². The van der Waals surface area contributed by atoms with E-state index in [1.165, 1.54) is 63.3 Å². The summed E-state index contributed by atoms with van der Waals surface area (Å²) in [6.45, 7) is 2.23. The van der Waals surface area contributed by atoms with Crippen molar-refractivity contribution >= 4 is 13.0 Å². The topological polar surface area (TPSA) is 0 Å². The van der Waals surface area contributed by atoms with Gasteiger partial charge in [-0.3, -0.25) is 0 Å². The first kappa shape index (κ1) is 11.0. The van der Waals surface area contributed by atoms with Gasteiger partial charge in [-0.25, -0.2) is 0 Å². The predicted molar refractivity (Wildman–Crippen MR) is 62.9 cm³/mol. The first-order valence-electron chi connectivity index (χ1n) is 5.99. The van der Waals surface area contributed by atoms with Gasteiger partial charge < -0.3 is 0 Å². The summed E-state index contributed by atoms with van der Waals surface area (Å²) in [5.74, 6) is 0.966. The molecule has 0 atom stereocenters. The average Bonchev–Trinajstić information content (AvgIpc) is 2.09. The van der Waals surface area contributed by atoms with Crippen LogP contribution in [0.1, 0.15) is 64.7 Å². The van der Waals surface area contributed by atoms with E-state index in [0.29, 0.717) is 0 Å². The second-order valence-corrected chi connectivity index (χ2v) is 4.52. The predicted octanol–water partition coefficient (Wildman–Crippen LogP) is 3.22. The Morgan fingerprint density at radius 1 is 1.08 bits per heavy atom. The molecule has 0 unspecified atom stereocenters. The molecule has 1 saturated carbocycles. The second kappa shape index (κ2) is 6.40. The van der Waals surface area contributed by atoms with Crippen LogP contribution in [0.25, 0.3) is 0 Å². The van der Waals surface area contributed by atoms with Crippen molar-refractivity contribution in [2.75, 3.05) is 0 Å². The van der Waals surface area contributed by atoms with E-state index in [4.69, 9.17) is 0 Å². The zero-order valence-corrected chi connectivity index (χ0v) is 9.15. The minimum absolute atomic E-state index is 0.966. The van der Waals surface area contributed by atoms with Crippen molar-refractivity contribution in [3.8, 4) is 0 Å². The van der Waals surface area contributed by atoms with Crippen molar-refractivity contribution in [2.45, 2.75) is 64.7 Å². The monoisotopic (exact) mass is 178 g/mol. The Labute approximate surface area is 84.2 Å². The van der Waals surface area contributed by atoms with Gasteiger partial charge in [0, 0.05) is 0 Å². The maximum absolute atomic E-state index is 4.12. The Morgan fingerprint density at radius 3 is 2.15 bits per heavy atom. The van der Waals surface area contributed by atoms with Crippen LogP contribution in [-0.2, 0) is 0 Å². The third-order valence-electron chi connectivity index (χ3n) is 3.30. The Hall–Kier alpha value is -0.0651. The Balaban J connectivity index is 2.25. The Morgan fingerprint density at radius 2 is 1.62 bits per heavy atom. The molecule has 0 aromatic carbocycles. The molecule has 0 nitrogen and oxygen atoms in total. The van der Waals surface area contributed by atoms with Crippen molar-refractivity contribution in [2.24, 2.45) is 5.92 Å². The van der Waals surface area contributed by atoms with Crippen molar-refractivity contribution in [1.82, 2.24) is 0 Å². The summed E-state index contributed by atoms with van der Waals surface area (Å²) in [6.07, 6.45) is 12.7.